The highest BCUT2D eigenvalue weighted by atomic mass is 79.9. The van der Waals surface area contributed by atoms with Gasteiger partial charge in [-0.25, -0.2) is 4.39 Å². The van der Waals surface area contributed by atoms with Crippen molar-refractivity contribution in [2.45, 2.75) is 6.92 Å². The predicted octanol–water partition coefficient (Wildman–Crippen LogP) is 4.20. The van der Waals surface area contributed by atoms with Crippen molar-refractivity contribution in [3.05, 3.63) is 49.9 Å². The summed E-state index contributed by atoms with van der Waals surface area (Å²) in [4.78, 5) is 13.7. The summed E-state index contributed by atoms with van der Waals surface area (Å²) in [6.45, 7) is 1.90. The molecule has 0 amide bonds. The molecule has 1 aromatic carbocycles. The highest BCUT2D eigenvalue weighted by molar-refractivity contribution is 9.10. The molecule has 0 aliphatic heterocycles. The Morgan fingerprint density at radius 2 is 2.11 bits per heavy atom. The van der Waals surface area contributed by atoms with Crippen LogP contribution < -0.4 is 4.74 Å². The summed E-state index contributed by atoms with van der Waals surface area (Å²) in [6, 6.07) is 6.07. The number of aryl methyl sites for hydroxylation is 1. The Kier molecular flexibility index (Phi) is 3.82. The van der Waals surface area contributed by atoms with E-state index in [4.69, 9.17) is 4.74 Å². The molecule has 0 spiro atoms. The summed E-state index contributed by atoms with van der Waals surface area (Å²) in [5.74, 6) is -0.497. The first-order chi connectivity index (χ1) is 8.52. The molecular formula is C13H10BrFO2S. The molecule has 0 atom stereocenters. The van der Waals surface area contributed by atoms with Gasteiger partial charge in [0.25, 0.3) is 0 Å². The van der Waals surface area contributed by atoms with Gasteiger partial charge in [0.15, 0.2) is 0 Å². The van der Waals surface area contributed by atoms with Crippen LogP contribution >= 0.6 is 27.3 Å². The van der Waals surface area contributed by atoms with Crippen molar-refractivity contribution in [3.63, 3.8) is 0 Å². The molecule has 18 heavy (non-hydrogen) atoms. The van der Waals surface area contributed by atoms with Crippen LogP contribution in [0.15, 0.2) is 28.7 Å². The van der Waals surface area contributed by atoms with E-state index in [9.17, 15) is 9.18 Å². The molecule has 1 heterocycles. The van der Waals surface area contributed by atoms with Crippen molar-refractivity contribution in [2.24, 2.45) is 0 Å². The van der Waals surface area contributed by atoms with Crippen LogP contribution in [0.4, 0.5) is 4.39 Å². The monoisotopic (exact) mass is 328 g/mol. The molecule has 0 aliphatic rings. The summed E-state index contributed by atoms with van der Waals surface area (Å²) < 4.78 is 19.4. The molecule has 5 heteroatoms. The van der Waals surface area contributed by atoms with E-state index < -0.39 is 5.82 Å². The van der Waals surface area contributed by atoms with Gasteiger partial charge in [0, 0.05) is 15.4 Å². The number of ketones is 1. The molecule has 0 aliphatic carbocycles. The van der Waals surface area contributed by atoms with Gasteiger partial charge in [-0.05, 0) is 41.1 Å². The van der Waals surface area contributed by atoms with Gasteiger partial charge < -0.3 is 4.74 Å². The summed E-state index contributed by atoms with van der Waals surface area (Å²) in [5.41, 5.74) is 0.0540. The second-order valence-corrected chi connectivity index (χ2v) is 5.82. The van der Waals surface area contributed by atoms with E-state index in [-0.39, 0.29) is 11.3 Å². The van der Waals surface area contributed by atoms with E-state index in [0.29, 0.717) is 15.1 Å². The number of benzene rings is 1. The van der Waals surface area contributed by atoms with Crippen LogP contribution in [-0.2, 0) is 0 Å². The SMILES string of the molecule is COc1ccc(C(=O)c2sc(C)cc2Br)c(F)c1. The van der Waals surface area contributed by atoms with Crippen LogP contribution in [0, 0.1) is 12.7 Å². The lowest BCUT2D eigenvalue weighted by atomic mass is 10.1. The third-order valence-electron chi connectivity index (χ3n) is 2.44. The van der Waals surface area contributed by atoms with Crippen molar-refractivity contribution in [1.29, 1.82) is 0 Å². The molecule has 0 radical (unpaired) electrons. The highest BCUT2D eigenvalue weighted by Gasteiger charge is 2.19. The van der Waals surface area contributed by atoms with E-state index in [1.165, 1.54) is 30.6 Å². The van der Waals surface area contributed by atoms with Crippen LogP contribution in [0.2, 0.25) is 0 Å². The summed E-state index contributed by atoms with van der Waals surface area (Å²) in [6.07, 6.45) is 0. The van der Waals surface area contributed by atoms with Crippen LogP contribution in [0.5, 0.6) is 5.75 Å². The number of rotatable bonds is 3. The minimum absolute atomic E-state index is 0.0540. The Morgan fingerprint density at radius 1 is 1.39 bits per heavy atom. The first-order valence-corrected chi connectivity index (χ1v) is 6.78. The van der Waals surface area contributed by atoms with Crippen molar-refractivity contribution < 1.29 is 13.9 Å². The van der Waals surface area contributed by atoms with Gasteiger partial charge in [0.2, 0.25) is 5.78 Å². The lowest BCUT2D eigenvalue weighted by Crippen LogP contribution is -2.03. The van der Waals surface area contributed by atoms with Gasteiger partial charge in [0.05, 0.1) is 17.6 Å². The molecule has 2 aromatic rings. The maximum atomic E-state index is 13.8. The lowest BCUT2D eigenvalue weighted by molar-refractivity contribution is 0.103. The number of carbonyl (C=O) groups excluding carboxylic acids is 1. The fourth-order valence-electron chi connectivity index (χ4n) is 1.57. The molecular weight excluding hydrogens is 319 g/mol. The Morgan fingerprint density at radius 3 is 2.61 bits per heavy atom. The molecule has 0 saturated carbocycles. The fourth-order valence-corrected chi connectivity index (χ4v) is 3.34. The molecule has 1 aromatic heterocycles. The fraction of sp³-hybridized carbons (Fsp3) is 0.154. The third-order valence-corrected chi connectivity index (χ3v) is 4.37. The van der Waals surface area contributed by atoms with E-state index >= 15 is 0 Å². The normalized spacial score (nSPS) is 10.4. The number of halogens is 2. The van der Waals surface area contributed by atoms with E-state index in [0.717, 1.165) is 4.88 Å². The van der Waals surface area contributed by atoms with Crippen molar-refractivity contribution in [2.75, 3.05) is 7.11 Å². The molecule has 0 bridgehead atoms. The average Bonchev–Trinajstić information content (AvgIpc) is 2.67. The lowest BCUT2D eigenvalue weighted by Gasteiger charge is -2.04. The maximum absolute atomic E-state index is 13.8. The molecule has 0 N–H and O–H groups in total. The van der Waals surface area contributed by atoms with Crippen LogP contribution in [0.3, 0.4) is 0 Å². The first kappa shape index (κ1) is 13.2. The number of carbonyl (C=O) groups is 1. The second-order valence-electron chi connectivity index (χ2n) is 3.71. The number of ether oxygens (including phenoxy) is 1. The first-order valence-electron chi connectivity index (χ1n) is 5.17. The smallest absolute Gasteiger partial charge is 0.207 e. The zero-order valence-corrected chi connectivity index (χ0v) is 12.2. The Bertz CT molecular complexity index is 607. The van der Waals surface area contributed by atoms with E-state index in [1.807, 2.05) is 13.0 Å². The van der Waals surface area contributed by atoms with E-state index in [1.54, 1.807) is 6.07 Å². The quantitative estimate of drug-likeness (QED) is 0.789. The topological polar surface area (TPSA) is 26.3 Å². The second kappa shape index (κ2) is 5.20. The van der Waals surface area contributed by atoms with Crippen molar-refractivity contribution >= 4 is 33.0 Å². The third kappa shape index (κ3) is 2.47. The predicted molar refractivity (Wildman–Crippen MR) is 73.1 cm³/mol. The zero-order chi connectivity index (χ0) is 13.3. The summed E-state index contributed by atoms with van der Waals surface area (Å²) in [7, 11) is 1.45. The molecule has 2 rings (SSSR count). The molecule has 94 valence electrons. The molecule has 2 nitrogen and oxygen atoms in total. The Balaban J connectivity index is 2.43. The van der Waals surface area contributed by atoms with Crippen molar-refractivity contribution in [3.8, 4) is 5.75 Å². The van der Waals surface area contributed by atoms with Crippen LogP contribution in [0.1, 0.15) is 20.1 Å². The average molecular weight is 329 g/mol. The van der Waals surface area contributed by atoms with Crippen molar-refractivity contribution in [1.82, 2.24) is 0 Å². The standard InChI is InChI=1S/C13H10BrFO2S/c1-7-5-10(14)13(18-7)12(16)9-4-3-8(17-2)6-11(9)15/h3-6H,1-2H3. The highest BCUT2D eigenvalue weighted by Crippen LogP contribution is 2.30. The van der Waals surface area contributed by atoms with Gasteiger partial charge in [-0.1, -0.05) is 0 Å². The van der Waals surface area contributed by atoms with E-state index in [2.05, 4.69) is 15.9 Å². The van der Waals surface area contributed by atoms with Gasteiger partial charge in [-0.15, -0.1) is 11.3 Å². The van der Waals surface area contributed by atoms with Gasteiger partial charge in [-0.2, -0.15) is 0 Å². The zero-order valence-electron chi connectivity index (χ0n) is 9.79. The van der Waals surface area contributed by atoms with Crippen LogP contribution in [0.25, 0.3) is 0 Å². The molecule has 0 fully saturated rings. The van der Waals surface area contributed by atoms with Gasteiger partial charge in [-0.3, -0.25) is 4.79 Å². The summed E-state index contributed by atoms with van der Waals surface area (Å²) >= 11 is 4.65. The number of hydrogen-bond donors (Lipinski definition) is 0. The minimum atomic E-state index is -0.572. The molecule has 0 unspecified atom stereocenters. The summed E-state index contributed by atoms with van der Waals surface area (Å²) in [5, 5.41) is 0. The maximum Gasteiger partial charge on any atom is 0.207 e. The number of thiophene rings is 1. The van der Waals surface area contributed by atoms with Crippen LogP contribution in [-0.4, -0.2) is 12.9 Å². The Labute approximate surface area is 117 Å². The molecule has 0 saturated heterocycles. The Hall–Kier alpha value is -1.20. The minimum Gasteiger partial charge on any atom is -0.497 e. The largest absolute Gasteiger partial charge is 0.497 e. The van der Waals surface area contributed by atoms with Gasteiger partial charge >= 0.3 is 0 Å². The number of methoxy groups -OCH3 is 1. The number of hydrogen-bond acceptors (Lipinski definition) is 3. The van der Waals surface area contributed by atoms with Gasteiger partial charge in [0.1, 0.15) is 11.6 Å².